The molecule has 0 radical (unpaired) electrons. The van der Waals surface area contributed by atoms with Gasteiger partial charge in [-0.15, -0.1) is 0 Å². The maximum Gasteiger partial charge on any atom is 0.293 e. The first-order valence-electron chi connectivity index (χ1n) is 5.98. The van der Waals surface area contributed by atoms with Crippen molar-refractivity contribution in [1.82, 2.24) is 5.32 Å². The van der Waals surface area contributed by atoms with Crippen molar-refractivity contribution in [3.8, 4) is 5.75 Å². The van der Waals surface area contributed by atoms with Gasteiger partial charge in [-0.3, -0.25) is 14.9 Å². The van der Waals surface area contributed by atoms with Crippen LogP contribution in [0.15, 0.2) is 47.1 Å². The zero-order valence-electron chi connectivity index (χ0n) is 10.7. The van der Waals surface area contributed by atoms with E-state index in [4.69, 9.17) is 14.9 Å². The quantitative estimate of drug-likeness (QED) is 0.850. The molecule has 0 unspecified atom stereocenters. The summed E-state index contributed by atoms with van der Waals surface area (Å²) in [6.45, 7) is 0.126. The molecule has 1 aromatic carbocycles. The number of carbonyl (C=O) groups is 2. The number of furan rings is 1. The Labute approximate surface area is 115 Å². The van der Waals surface area contributed by atoms with Crippen LogP contribution in [0.3, 0.4) is 0 Å². The molecule has 0 saturated heterocycles. The summed E-state index contributed by atoms with van der Waals surface area (Å²) in [6, 6.07) is 10.1. The third-order valence-corrected chi connectivity index (χ3v) is 2.50. The number of rotatable bonds is 5. The van der Waals surface area contributed by atoms with Gasteiger partial charge in [0.1, 0.15) is 5.75 Å². The van der Waals surface area contributed by atoms with Gasteiger partial charge in [-0.25, -0.2) is 0 Å². The summed E-state index contributed by atoms with van der Waals surface area (Å²) in [7, 11) is 0. The molecular formula is C14H14N2O4. The Morgan fingerprint density at radius 2 is 2.10 bits per heavy atom. The molecule has 1 aromatic heterocycles. The number of amides is 2. The molecule has 2 rings (SSSR count). The van der Waals surface area contributed by atoms with E-state index in [1.807, 2.05) is 6.07 Å². The monoisotopic (exact) mass is 274 g/mol. The van der Waals surface area contributed by atoms with E-state index in [1.165, 1.54) is 12.3 Å². The lowest BCUT2D eigenvalue weighted by atomic mass is 10.2. The summed E-state index contributed by atoms with van der Waals surface area (Å²) in [5, 5.41) is 2.16. The first-order chi connectivity index (χ1) is 9.69. The molecule has 6 heteroatoms. The van der Waals surface area contributed by atoms with Crippen molar-refractivity contribution in [3.05, 3.63) is 54.0 Å². The summed E-state index contributed by atoms with van der Waals surface area (Å²) >= 11 is 0. The second-order valence-corrected chi connectivity index (χ2v) is 3.99. The Morgan fingerprint density at radius 3 is 2.80 bits per heavy atom. The third-order valence-electron chi connectivity index (χ3n) is 2.50. The van der Waals surface area contributed by atoms with Crippen LogP contribution in [-0.4, -0.2) is 18.4 Å². The van der Waals surface area contributed by atoms with E-state index in [2.05, 4.69) is 5.32 Å². The highest BCUT2D eigenvalue weighted by Gasteiger charge is 2.12. The Kier molecular flexibility index (Phi) is 4.52. The Morgan fingerprint density at radius 1 is 1.25 bits per heavy atom. The standard InChI is InChI=1S/C14H14N2O4/c15-8-10-3-1-4-11(7-10)20-9-13(17)16-14(18)12-5-2-6-19-12/h1-7H,8-9,15H2,(H,16,17,18). The topological polar surface area (TPSA) is 94.6 Å². The van der Waals surface area contributed by atoms with Crippen LogP contribution >= 0.6 is 0 Å². The molecule has 104 valence electrons. The highest BCUT2D eigenvalue weighted by atomic mass is 16.5. The summed E-state index contributed by atoms with van der Waals surface area (Å²) in [4.78, 5) is 23.1. The highest BCUT2D eigenvalue weighted by Crippen LogP contribution is 2.12. The molecule has 2 amide bonds. The predicted molar refractivity (Wildman–Crippen MR) is 71.0 cm³/mol. The number of carbonyl (C=O) groups excluding carboxylic acids is 2. The fourth-order valence-corrected chi connectivity index (χ4v) is 1.54. The fourth-order valence-electron chi connectivity index (χ4n) is 1.54. The summed E-state index contributed by atoms with van der Waals surface area (Å²) in [5.41, 5.74) is 6.40. The second kappa shape index (κ2) is 6.53. The molecular weight excluding hydrogens is 260 g/mol. The molecule has 20 heavy (non-hydrogen) atoms. The molecule has 0 atom stereocenters. The minimum atomic E-state index is -0.598. The number of ether oxygens (including phenoxy) is 1. The van der Waals surface area contributed by atoms with E-state index in [1.54, 1.807) is 24.3 Å². The van der Waals surface area contributed by atoms with E-state index >= 15 is 0 Å². The maximum absolute atomic E-state index is 11.6. The lowest BCUT2D eigenvalue weighted by Crippen LogP contribution is -2.34. The van der Waals surface area contributed by atoms with Gasteiger partial charge in [-0.1, -0.05) is 12.1 Å². The first-order valence-corrected chi connectivity index (χ1v) is 5.98. The lowest BCUT2D eigenvalue weighted by molar-refractivity contribution is -0.122. The van der Waals surface area contributed by atoms with Crippen LogP contribution in [0.2, 0.25) is 0 Å². The number of hydrogen-bond acceptors (Lipinski definition) is 5. The predicted octanol–water partition coefficient (Wildman–Crippen LogP) is 1.07. The first kappa shape index (κ1) is 13.8. The van der Waals surface area contributed by atoms with Crippen molar-refractivity contribution in [2.24, 2.45) is 5.73 Å². The van der Waals surface area contributed by atoms with Crippen LogP contribution in [0.4, 0.5) is 0 Å². The van der Waals surface area contributed by atoms with Gasteiger partial charge < -0.3 is 14.9 Å². The molecule has 0 spiro atoms. The van der Waals surface area contributed by atoms with Gasteiger partial charge in [0.25, 0.3) is 11.8 Å². The van der Waals surface area contributed by atoms with Crippen LogP contribution in [0, 0.1) is 0 Å². The molecule has 3 N–H and O–H groups in total. The van der Waals surface area contributed by atoms with Gasteiger partial charge in [0.15, 0.2) is 12.4 Å². The average molecular weight is 274 g/mol. The summed E-state index contributed by atoms with van der Waals surface area (Å²) in [6.07, 6.45) is 1.36. The lowest BCUT2D eigenvalue weighted by Gasteiger charge is -2.07. The van der Waals surface area contributed by atoms with Crippen molar-refractivity contribution in [2.45, 2.75) is 6.54 Å². The van der Waals surface area contributed by atoms with Crippen molar-refractivity contribution >= 4 is 11.8 Å². The molecule has 1 heterocycles. The van der Waals surface area contributed by atoms with Crippen molar-refractivity contribution < 1.29 is 18.7 Å². The van der Waals surface area contributed by atoms with E-state index in [0.29, 0.717) is 12.3 Å². The Bertz CT molecular complexity index is 593. The SMILES string of the molecule is NCc1cccc(OCC(=O)NC(=O)c2ccco2)c1. The molecule has 0 aliphatic carbocycles. The second-order valence-electron chi connectivity index (χ2n) is 3.99. The Balaban J connectivity index is 1.84. The molecule has 0 saturated carbocycles. The normalized spacial score (nSPS) is 10.1. The number of nitrogens with one attached hydrogen (secondary N) is 1. The smallest absolute Gasteiger partial charge is 0.293 e. The van der Waals surface area contributed by atoms with Crippen LogP contribution < -0.4 is 15.8 Å². The van der Waals surface area contributed by atoms with Gasteiger partial charge in [0, 0.05) is 6.54 Å². The van der Waals surface area contributed by atoms with Crippen molar-refractivity contribution in [3.63, 3.8) is 0 Å². The van der Waals surface area contributed by atoms with Gasteiger partial charge in [0.05, 0.1) is 6.26 Å². The van der Waals surface area contributed by atoms with Gasteiger partial charge in [0.2, 0.25) is 0 Å². The molecule has 2 aromatic rings. The molecule has 0 fully saturated rings. The Hall–Kier alpha value is -2.60. The minimum absolute atomic E-state index is 0.0727. The van der Waals surface area contributed by atoms with E-state index in [-0.39, 0.29) is 12.4 Å². The highest BCUT2D eigenvalue weighted by molar-refractivity contribution is 6.03. The number of hydrogen-bond donors (Lipinski definition) is 2. The fraction of sp³-hybridized carbons (Fsp3) is 0.143. The van der Waals surface area contributed by atoms with Crippen LogP contribution in [0.5, 0.6) is 5.75 Å². The molecule has 6 nitrogen and oxygen atoms in total. The van der Waals surface area contributed by atoms with E-state index < -0.39 is 11.8 Å². The number of benzene rings is 1. The summed E-state index contributed by atoms with van der Waals surface area (Å²) < 4.78 is 10.1. The molecule has 0 aliphatic rings. The van der Waals surface area contributed by atoms with E-state index in [0.717, 1.165) is 5.56 Å². The van der Waals surface area contributed by atoms with Gasteiger partial charge in [-0.05, 0) is 29.8 Å². The maximum atomic E-state index is 11.6. The minimum Gasteiger partial charge on any atom is -0.484 e. The molecule has 0 bridgehead atoms. The zero-order chi connectivity index (χ0) is 14.4. The van der Waals surface area contributed by atoms with Crippen LogP contribution in [-0.2, 0) is 11.3 Å². The third kappa shape index (κ3) is 3.69. The van der Waals surface area contributed by atoms with Crippen molar-refractivity contribution in [2.75, 3.05) is 6.61 Å². The van der Waals surface area contributed by atoms with Crippen molar-refractivity contribution in [1.29, 1.82) is 0 Å². The van der Waals surface area contributed by atoms with Crippen LogP contribution in [0.1, 0.15) is 16.1 Å². The number of nitrogens with two attached hydrogens (primary N) is 1. The largest absolute Gasteiger partial charge is 0.484 e. The van der Waals surface area contributed by atoms with Crippen LogP contribution in [0.25, 0.3) is 0 Å². The molecule has 0 aliphatic heterocycles. The summed E-state index contributed by atoms with van der Waals surface area (Å²) in [5.74, 6) is -0.555. The average Bonchev–Trinajstić information content (AvgIpc) is 2.99. The zero-order valence-corrected chi connectivity index (χ0v) is 10.7. The number of imide groups is 1. The van der Waals surface area contributed by atoms with E-state index in [9.17, 15) is 9.59 Å². The van der Waals surface area contributed by atoms with Gasteiger partial charge >= 0.3 is 0 Å². The van der Waals surface area contributed by atoms with Gasteiger partial charge in [-0.2, -0.15) is 0 Å².